The van der Waals surface area contributed by atoms with Crippen LogP contribution in [0.1, 0.15) is 49.7 Å². The van der Waals surface area contributed by atoms with Crippen LogP contribution in [0.3, 0.4) is 0 Å². The lowest BCUT2D eigenvalue weighted by molar-refractivity contribution is -0.146. The van der Waals surface area contributed by atoms with Crippen LogP contribution in [0.25, 0.3) is 0 Å². The van der Waals surface area contributed by atoms with E-state index in [9.17, 15) is 4.79 Å². The zero-order chi connectivity index (χ0) is 14.4. The molecule has 0 radical (unpaired) electrons. The first-order valence-electron chi connectivity index (χ1n) is 8.47. The van der Waals surface area contributed by atoms with Gasteiger partial charge < -0.3 is 5.32 Å². The molecule has 21 heavy (non-hydrogen) atoms. The van der Waals surface area contributed by atoms with Gasteiger partial charge >= 0.3 is 0 Å². The Morgan fingerprint density at radius 2 is 1.76 bits per heavy atom. The van der Waals surface area contributed by atoms with Gasteiger partial charge in [-0.05, 0) is 68.8 Å². The van der Waals surface area contributed by atoms with Gasteiger partial charge in [-0.15, -0.1) is 0 Å². The molecule has 1 aromatic rings. The highest BCUT2D eigenvalue weighted by atomic mass is 16.2. The SMILES string of the molecule is Cc1cccc(CNC(=O)C23CC4CC(CC(C4)C2)C3)c1. The maximum absolute atomic E-state index is 12.8. The van der Waals surface area contributed by atoms with Gasteiger partial charge in [0.15, 0.2) is 0 Å². The standard InChI is InChI=1S/C19H25NO/c1-13-3-2-4-14(5-13)12-20-18(21)19-9-15-6-16(10-19)8-17(7-15)11-19/h2-5,15-17H,6-12H2,1H3,(H,20,21). The molecule has 112 valence electrons. The van der Waals surface area contributed by atoms with E-state index in [1.807, 2.05) is 0 Å². The van der Waals surface area contributed by atoms with Gasteiger partial charge in [0.05, 0.1) is 0 Å². The van der Waals surface area contributed by atoms with E-state index in [1.54, 1.807) is 0 Å². The molecule has 1 N–H and O–H groups in total. The van der Waals surface area contributed by atoms with Crippen LogP contribution in [0, 0.1) is 30.1 Å². The lowest BCUT2D eigenvalue weighted by atomic mass is 9.49. The molecule has 1 aromatic carbocycles. The third-order valence-corrected chi connectivity index (χ3v) is 6.06. The Kier molecular flexibility index (Phi) is 3.09. The summed E-state index contributed by atoms with van der Waals surface area (Å²) in [5.74, 6) is 2.84. The lowest BCUT2D eigenvalue weighted by Crippen LogP contribution is -2.53. The third kappa shape index (κ3) is 2.39. The van der Waals surface area contributed by atoms with Gasteiger partial charge in [-0.25, -0.2) is 0 Å². The van der Waals surface area contributed by atoms with E-state index < -0.39 is 0 Å². The highest BCUT2D eigenvalue weighted by molar-refractivity contribution is 5.83. The number of hydrogen-bond acceptors (Lipinski definition) is 1. The molecule has 4 fully saturated rings. The smallest absolute Gasteiger partial charge is 0.226 e. The molecule has 2 nitrogen and oxygen atoms in total. The van der Waals surface area contributed by atoms with Gasteiger partial charge in [0.1, 0.15) is 0 Å². The first-order valence-corrected chi connectivity index (χ1v) is 8.47. The molecule has 0 heterocycles. The van der Waals surface area contributed by atoms with Crippen molar-refractivity contribution >= 4 is 5.91 Å². The number of amides is 1. The van der Waals surface area contributed by atoms with Gasteiger partial charge in [0.25, 0.3) is 0 Å². The van der Waals surface area contributed by atoms with Gasteiger partial charge in [-0.2, -0.15) is 0 Å². The number of rotatable bonds is 3. The van der Waals surface area contributed by atoms with Crippen molar-refractivity contribution < 1.29 is 4.79 Å². The summed E-state index contributed by atoms with van der Waals surface area (Å²) in [6, 6.07) is 8.44. The van der Waals surface area contributed by atoms with Crippen molar-refractivity contribution in [2.45, 2.75) is 52.0 Å². The van der Waals surface area contributed by atoms with Crippen molar-refractivity contribution in [1.82, 2.24) is 5.32 Å². The molecule has 0 aliphatic heterocycles. The van der Waals surface area contributed by atoms with Gasteiger partial charge in [0.2, 0.25) is 5.91 Å². The fraction of sp³-hybridized carbons (Fsp3) is 0.632. The molecule has 4 saturated carbocycles. The van der Waals surface area contributed by atoms with Crippen LogP contribution >= 0.6 is 0 Å². The summed E-state index contributed by atoms with van der Waals surface area (Å²) in [7, 11) is 0. The normalized spacial score (nSPS) is 36.7. The molecular weight excluding hydrogens is 258 g/mol. The minimum atomic E-state index is -0.0153. The van der Waals surface area contributed by atoms with E-state index in [1.165, 1.54) is 30.4 Å². The predicted molar refractivity (Wildman–Crippen MR) is 83.6 cm³/mol. The van der Waals surface area contributed by atoms with E-state index in [-0.39, 0.29) is 5.41 Å². The molecule has 0 saturated heterocycles. The Hall–Kier alpha value is -1.31. The Bertz CT molecular complexity index is 527. The van der Waals surface area contributed by atoms with Gasteiger partial charge in [-0.1, -0.05) is 29.8 Å². The summed E-state index contributed by atoms with van der Waals surface area (Å²) >= 11 is 0. The molecule has 1 amide bonds. The summed E-state index contributed by atoms with van der Waals surface area (Å²) in [6.07, 6.45) is 7.63. The predicted octanol–water partition coefficient (Wildman–Crippen LogP) is 3.83. The van der Waals surface area contributed by atoms with Crippen LogP contribution < -0.4 is 5.32 Å². The minimum Gasteiger partial charge on any atom is -0.352 e. The Morgan fingerprint density at radius 3 is 2.33 bits per heavy atom. The molecule has 0 atom stereocenters. The van der Waals surface area contributed by atoms with Crippen LogP contribution in [0.2, 0.25) is 0 Å². The Labute approximate surface area is 127 Å². The van der Waals surface area contributed by atoms with Crippen molar-refractivity contribution in [2.24, 2.45) is 23.2 Å². The molecule has 4 aliphatic carbocycles. The van der Waals surface area contributed by atoms with Crippen LogP contribution in [0.15, 0.2) is 24.3 Å². The van der Waals surface area contributed by atoms with E-state index in [4.69, 9.17) is 0 Å². The van der Waals surface area contributed by atoms with Crippen molar-refractivity contribution in [3.63, 3.8) is 0 Å². The number of aryl methyl sites for hydroxylation is 1. The quantitative estimate of drug-likeness (QED) is 0.897. The van der Waals surface area contributed by atoms with E-state index in [0.29, 0.717) is 12.5 Å². The lowest BCUT2D eigenvalue weighted by Gasteiger charge is -2.55. The number of hydrogen-bond donors (Lipinski definition) is 1. The van der Waals surface area contributed by atoms with Crippen molar-refractivity contribution in [2.75, 3.05) is 0 Å². The fourth-order valence-corrected chi connectivity index (χ4v) is 5.58. The summed E-state index contributed by atoms with van der Waals surface area (Å²) in [5.41, 5.74) is 2.46. The second-order valence-corrected chi connectivity index (χ2v) is 7.87. The monoisotopic (exact) mass is 283 g/mol. The number of carbonyl (C=O) groups is 1. The molecule has 0 unspecified atom stereocenters. The van der Waals surface area contributed by atoms with Crippen molar-refractivity contribution in [3.8, 4) is 0 Å². The molecule has 0 spiro atoms. The van der Waals surface area contributed by atoms with Crippen LogP contribution in [-0.2, 0) is 11.3 Å². The fourth-order valence-electron chi connectivity index (χ4n) is 5.58. The molecular formula is C19H25NO. The second kappa shape index (κ2) is 4.86. The van der Waals surface area contributed by atoms with Gasteiger partial charge in [-0.3, -0.25) is 4.79 Å². The first-order chi connectivity index (χ1) is 10.1. The average Bonchev–Trinajstić information content (AvgIpc) is 2.43. The largest absolute Gasteiger partial charge is 0.352 e. The molecule has 4 aliphatic rings. The Morgan fingerprint density at radius 1 is 1.14 bits per heavy atom. The molecule has 2 heteroatoms. The van der Waals surface area contributed by atoms with Crippen LogP contribution in [-0.4, -0.2) is 5.91 Å². The van der Waals surface area contributed by atoms with E-state index >= 15 is 0 Å². The highest BCUT2D eigenvalue weighted by Crippen LogP contribution is 2.60. The number of carbonyl (C=O) groups excluding carboxylic acids is 1. The second-order valence-electron chi connectivity index (χ2n) is 7.87. The number of nitrogens with one attached hydrogen (secondary N) is 1. The maximum Gasteiger partial charge on any atom is 0.226 e. The molecule has 4 bridgehead atoms. The maximum atomic E-state index is 12.8. The van der Waals surface area contributed by atoms with Gasteiger partial charge in [0, 0.05) is 12.0 Å². The summed E-state index contributed by atoms with van der Waals surface area (Å²) in [4.78, 5) is 12.8. The van der Waals surface area contributed by atoms with Crippen LogP contribution in [0.4, 0.5) is 0 Å². The average molecular weight is 283 g/mol. The van der Waals surface area contributed by atoms with Crippen molar-refractivity contribution in [1.29, 1.82) is 0 Å². The molecule has 5 rings (SSSR count). The third-order valence-electron chi connectivity index (χ3n) is 6.06. The highest BCUT2D eigenvalue weighted by Gasteiger charge is 2.54. The summed E-state index contributed by atoms with van der Waals surface area (Å²) < 4.78 is 0. The summed E-state index contributed by atoms with van der Waals surface area (Å²) in [5, 5.41) is 3.24. The zero-order valence-electron chi connectivity index (χ0n) is 12.9. The van der Waals surface area contributed by atoms with E-state index in [0.717, 1.165) is 37.0 Å². The zero-order valence-corrected chi connectivity index (χ0v) is 12.9. The molecule has 0 aromatic heterocycles. The Balaban J connectivity index is 1.45. The first kappa shape index (κ1) is 13.4. The van der Waals surface area contributed by atoms with E-state index in [2.05, 4.69) is 36.5 Å². The van der Waals surface area contributed by atoms with Crippen LogP contribution in [0.5, 0.6) is 0 Å². The summed E-state index contributed by atoms with van der Waals surface area (Å²) in [6.45, 7) is 2.78. The minimum absolute atomic E-state index is 0.0153. The van der Waals surface area contributed by atoms with Crippen molar-refractivity contribution in [3.05, 3.63) is 35.4 Å². The number of benzene rings is 1. The topological polar surface area (TPSA) is 29.1 Å².